The summed E-state index contributed by atoms with van der Waals surface area (Å²) >= 11 is 0. The summed E-state index contributed by atoms with van der Waals surface area (Å²) in [7, 11) is -27.2. The molecule has 6 aromatic rings. The van der Waals surface area contributed by atoms with E-state index in [1.165, 1.54) is 5.69 Å². The van der Waals surface area contributed by atoms with Crippen LogP contribution in [-0.2, 0) is 0 Å². The molecular formula is C62H92F24N12O6P4. The zero-order chi connectivity index (χ0) is 84.9. The van der Waals surface area contributed by atoms with Gasteiger partial charge in [-0.1, -0.05) is 27.7 Å². The molecule has 0 saturated heterocycles. The summed E-state index contributed by atoms with van der Waals surface area (Å²) in [6.45, 7) is 17.8. The molecule has 624 valence electrons. The van der Waals surface area contributed by atoms with Crippen molar-refractivity contribution in [1.29, 1.82) is 0 Å². The maximum absolute atomic E-state index is 10.7. The molecule has 0 radical (unpaired) electrons. The van der Waals surface area contributed by atoms with Crippen molar-refractivity contribution in [2.24, 2.45) is 20.5 Å². The van der Waals surface area contributed by atoms with Gasteiger partial charge in [-0.15, -0.1) is 0 Å². The van der Waals surface area contributed by atoms with Crippen LogP contribution in [-0.4, -0.2) is 94.0 Å². The van der Waals surface area contributed by atoms with Crippen LogP contribution in [0.15, 0.2) is 142 Å². The zero-order valence-corrected chi connectivity index (χ0v) is 64.9. The van der Waals surface area contributed by atoms with Gasteiger partial charge in [0.15, 0.2) is 22.9 Å². The average molecular weight is 1680 g/mol. The van der Waals surface area contributed by atoms with Crippen molar-refractivity contribution in [2.45, 2.75) is 105 Å². The second-order valence-corrected chi connectivity index (χ2v) is 31.1. The van der Waals surface area contributed by atoms with Gasteiger partial charge in [-0.2, -0.15) is 22.1 Å². The van der Waals surface area contributed by atoms with Gasteiger partial charge in [-0.25, -0.2) is 0 Å². The zero-order valence-electron chi connectivity index (χ0n) is 61.3. The van der Waals surface area contributed by atoms with Gasteiger partial charge in [0, 0.05) is 77.2 Å². The van der Waals surface area contributed by atoms with Crippen LogP contribution in [0.2, 0.25) is 0 Å². The molecule has 0 fully saturated rings. The van der Waals surface area contributed by atoms with E-state index in [1.807, 2.05) is 168 Å². The summed E-state index contributed by atoms with van der Waals surface area (Å²) in [5.74, 6) is 4.75. The van der Waals surface area contributed by atoms with Crippen LogP contribution >= 0.6 is 31.2 Å². The Kier molecular flexibility index (Phi) is 34.9. The monoisotopic (exact) mass is 1680 g/mol. The number of nitrogens with zero attached hydrogens (tertiary/aromatic N) is 8. The Morgan fingerprint density at radius 2 is 0.546 bits per heavy atom. The SMILES string of the molecule is CCC(CC)Oc1cc(N(C)C(C)COc2ccc(OC)cc2)ccc1N=[NH2+].CCC(CC)Oc1cc(N(C)C)ccc1N=[NH2+].COc1ccc(OCC(C)N(C)c2ccc(N=[NH2+])c(C)c2)cc1.Cc1cc(N(C)C)ccc1N=[NH2+].F[P-](F)(F)(F)(F)F.F[P-](F)(F)(F)(F)F.F[P-](F)(F)(F)(F)F.F[P-](F)(F)(F)(F)F. The molecule has 2 unspecified atom stereocenters. The third-order valence-electron chi connectivity index (χ3n) is 13.5. The number of anilines is 4. The Hall–Kier alpha value is -8.24. The molecule has 0 saturated carbocycles. The number of aryl methyl sites for hydroxylation is 2. The number of methoxy groups -OCH3 is 2. The van der Waals surface area contributed by atoms with Crippen molar-refractivity contribution >= 4 is 76.7 Å². The van der Waals surface area contributed by atoms with Gasteiger partial charge in [0.05, 0.1) is 38.5 Å². The third-order valence-corrected chi connectivity index (χ3v) is 13.5. The van der Waals surface area contributed by atoms with Gasteiger partial charge >= 0.3 is 132 Å². The molecule has 2 atom stereocenters. The van der Waals surface area contributed by atoms with Crippen molar-refractivity contribution in [1.82, 2.24) is 0 Å². The van der Waals surface area contributed by atoms with Gasteiger partial charge < -0.3 is 48.0 Å². The first kappa shape index (κ1) is 102. The first-order valence-corrected chi connectivity index (χ1v) is 39.3. The van der Waals surface area contributed by atoms with E-state index in [2.05, 4.69) is 91.0 Å². The van der Waals surface area contributed by atoms with E-state index in [1.54, 1.807) is 14.2 Å². The standard InChI is InChI=1S/C22H31N3O3.C18H23N3O2.C13H21N3O.C9H13N3.4F6P/c1-6-18(7-2)28-22-14-17(8-13-21(22)24-23)25(4)16(3)15-27-20-11-9-19(26-5)10-12-20;1-13-11-15(5-10-18(13)20-19)21(3)14(2)12-23-17-8-6-16(22-4)7-9-17;1-5-11(6-2)17-13-9-10(16(3)4)7-8-12(13)15-14;1-7-6-8(12(2)3)4-5-9(7)11-10;4*1-7(2,3,4,5)6/h8-14,16,18,23H,6-7,15H2,1-5H3;5-11,14,19H,12H2,1-4H3;7-9,11,14H,5-6H2,1-4H3;4-6,10H,1-3H3;;;;/q;;;;4*-1/p+4. The summed E-state index contributed by atoms with van der Waals surface area (Å²) in [5, 5.41) is 15.0. The number of benzene rings is 6. The minimum absolute atomic E-state index is 0.150. The molecule has 0 bridgehead atoms. The summed E-state index contributed by atoms with van der Waals surface area (Å²) in [6.07, 6.45) is 4.20. The average Bonchev–Trinajstić information content (AvgIpc) is 0.802. The fourth-order valence-corrected chi connectivity index (χ4v) is 7.75. The molecule has 0 aliphatic heterocycles. The van der Waals surface area contributed by atoms with Crippen molar-refractivity contribution in [3.8, 4) is 34.5 Å². The van der Waals surface area contributed by atoms with E-state index < -0.39 is 31.2 Å². The van der Waals surface area contributed by atoms with Crippen molar-refractivity contribution in [3.63, 3.8) is 0 Å². The van der Waals surface area contributed by atoms with Crippen LogP contribution in [0, 0.1) is 13.8 Å². The Morgan fingerprint density at radius 3 is 0.778 bits per heavy atom. The topological polar surface area (TPSA) is 220 Å². The molecule has 6 rings (SSSR count). The van der Waals surface area contributed by atoms with Crippen LogP contribution in [0.1, 0.15) is 78.4 Å². The molecule has 0 aliphatic carbocycles. The molecule has 8 N–H and O–H groups in total. The number of rotatable bonds is 26. The van der Waals surface area contributed by atoms with Gasteiger partial charge in [0.2, 0.25) is 0 Å². The van der Waals surface area contributed by atoms with Crippen LogP contribution in [0.4, 0.5) is 146 Å². The quantitative estimate of drug-likeness (QED) is 0.0229. The number of nitrogens with two attached hydrogens (primary N) is 4. The van der Waals surface area contributed by atoms with Crippen LogP contribution < -0.4 is 70.1 Å². The number of ether oxygens (including phenoxy) is 6. The van der Waals surface area contributed by atoms with Gasteiger partial charge in [-0.05, 0) is 194 Å². The van der Waals surface area contributed by atoms with E-state index >= 15 is 0 Å². The second kappa shape index (κ2) is 37.0. The fourth-order valence-electron chi connectivity index (χ4n) is 7.75. The maximum atomic E-state index is 9.87. The Balaban J connectivity index is 0. The van der Waals surface area contributed by atoms with E-state index in [-0.39, 0.29) is 24.3 Å². The summed E-state index contributed by atoms with van der Waals surface area (Å²) in [5.41, 5.74) is 31.0. The second-order valence-electron chi connectivity index (χ2n) is 23.4. The number of likely N-dealkylation sites (N-methyl/N-ethyl adjacent to an activating group) is 2. The van der Waals surface area contributed by atoms with Gasteiger partial charge in [0.25, 0.3) is 0 Å². The number of halogens is 24. The normalized spacial score (nSPS) is 14.2. The van der Waals surface area contributed by atoms with E-state index in [0.29, 0.717) is 30.3 Å². The van der Waals surface area contributed by atoms with Crippen molar-refractivity contribution < 1.29 is 151 Å². The Bertz CT molecular complexity index is 3660. The van der Waals surface area contributed by atoms with Crippen LogP contribution in [0.25, 0.3) is 0 Å². The first-order valence-electron chi connectivity index (χ1n) is 31.2. The third kappa shape index (κ3) is 57.9. The number of hydrogen-bond acceptors (Lipinski definition) is 14. The van der Waals surface area contributed by atoms with E-state index in [4.69, 9.17) is 50.5 Å². The molecule has 46 heteroatoms. The fraction of sp³-hybridized carbons (Fsp3) is 0.419. The van der Waals surface area contributed by atoms with E-state index in [9.17, 15) is 101 Å². The molecule has 0 aliphatic rings. The molecule has 0 amide bonds. The van der Waals surface area contributed by atoms with Gasteiger partial charge in [0.1, 0.15) is 47.6 Å². The minimum atomic E-state index is -10.7. The molecule has 0 spiro atoms. The summed E-state index contributed by atoms with van der Waals surface area (Å²) in [6, 6.07) is 39.3. The summed E-state index contributed by atoms with van der Waals surface area (Å²) < 4.78 is 271. The molecule has 18 nitrogen and oxygen atoms in total. The predicted octanol–water partition coefficient (Wildman–Crippen LogP) is 23.4. The summed E-state index contributed by atoms with van der Waals surface area (Å²) in [4.78, 5) is 8.41. The molecule has 6 aromatic carbocycles. The molecule has 0 aromatic heterocycles. The van der Waals surface area contributed by atoms with Gasteiger partial charge in [-0.3, -0.25) is 0 Å². The van der Waals surface area contributed by atoms with Crippen molar-refractivity contribution in [2.75, 3.05) is 89.3 Å². The predicted molar refractivity (Wildman–Crippen MR) is 377 cm³/mol. The van der Waals surface area contributed by atoms with Crippen LogP contribution in [0.5, 0.6) is 34.5 Å². The Morgan fingerprint density at radius 1 is 0.333 bits per heavy atom. The van der Waals surface area contributed by atoms with Crippen molar-refractivity contribution in [3.05, 3.63) is 132 Å². The Labute approximate surface area is 608 Å². The molecule has 108 heavy (non-hydrogen) atoms. The van der Waals surface area contributed by atoms with Crippen LogP contribution in [0.3, 0.4) is 0 Å². The number of hydrogen-bond donors (Lipinski definition) is 4. The molecular weight excluding hydrogens is 1590 g/mol. The first-order chi connectivity index (χ1) is 48.1. The van der Waals surface area contributed by atoms with E-state index in [0.717, 1.165) is 94.0 Å². The molecule has 0 heterocycles.